The molecule has 7 aromatic carbocycles. The monoisotopic (exact) mass is 730 g/mol. The van der Waals surface area contributed by atoms with Crippen molar-refractivity contribution >= 4 is 57.6 Å². The molecule has 0 spiro atoms. The molecule has 9 rings (SSSR count). The van der Waals surface area contributed by atoms with Gasteiger partial charge in [0.05, 0.1) is 57.4 Å². The molecule has 7 aromatic rings. The molecule has 6 heteroatoms. The van der Waals surface area contributed by atoms with Gasteiger partial charge in [-0.3, -0.25) is 0 Å². The van der Waals surface area contributed by atoms with Crippen LogP contribution in [0.1, 0.15) is 37.5 Å². The van der Waals surface area contributed by atoms with Crippen molar-refractivity contribution in [2.45, 2.75) is 45.8 Å². The lowest BCUT2D eigenvalue weighted by atomic mass is 9.78. The van der Waals surface area contributed by atoms with Gasteiger partial charge in [-0.1, -0.05) is 117 Å². The first-order chi connectivity index (χ1) is 26.3. The molecule has 0 aromatic heterocycles. The first-order valence-corrected chi connectivity index (χ1v) is 19.5. The molecule has 0 aliphatic carbocycles. The minimum Gasteiger partial charge on any atom is -0.307 e. The summed E-state index contributed by atoms with van der Waals surface area (Å²) in [7, 11) is 0. The number of nitrogens with zero attached hydrogens (tertiary/aromatic N) is 4. The van der Waals surface area contributed by atoms with Crippen LogP contribution in [-0.2, 0) is 5.41 Å². The second kappa shape index (κ2) is 13.3. The van der Waals surface area contributed by atoms with Crippen molar-refractivity contribution in [2.75, 3.05) is 9.80 Å². The van der Waals surface area contributed by atoms with Crippen LogP contribution < -0.4 is 9.80 Å². The topological polar surface area (TPSA) is 54.1 Å². The summed E-state index contributed by atoms with van der Waals surface area (Å²) in [5.41, 5.74) is 12.3. The van der Waals surface area contributed by atoms with E-state index in [-0.39, 0.29) is 0 Å². The maximum absolute atomic E-state index is 10.2. The minimum absolute atomic E-state index is 0.419. The summed E-state index contributed by atoms with van der Waals surface area (Å²) in [5, 5.41) is 20.3. The molecule has 2 aliphatic rings. The number of nitriles is 2. The Kier molecular flexibility index (Phi) is 8.32. The highest BCUT2D eigenvalue weighted by molar-refractivity contribution is 8.00. The van der Waals surface area contributed by atoms with Crippen LogP contribution in [0.2, 0.25) is 0 Å². The van der Waals surface area contributed by atoms with Gasteiger partial charge in [-0.05, 0) is 95.4 Å². The van der Waals surface area contributed by atoms with Crippen LogP contribution in [0, 0.1) is 22.7 Å². The van der Waals surface area contributed by atoms with E-state index in [2.05, 4.69) is 158 Å². The zero-order chi connectivity index (χ0) is 37.0. The Morgan fingerprint density at radius 3 is 1.13 bits per heavy atom. The summed E-state index contributed by atoms with van der Waals surface area (Å²) < 4.78 is 0. The highest BCUT2D eigenvalue weighted by atomic mass is 32.2. The van der Waals surface area contributed by atoms with E-state index in [0.717, 1.165) is 61.9 Å². The summed E-state index contributed by atoms with van der Waals surface area (Å²) in [5.74, 6) is 0. The van der Waals surface area contributed by atoms with E-state index in [4.69, 9.17) is 0 Å². The molecule has 0 saturated heterocycles. The van der Waals surface area contributed by atoms with E-state index < -0.39 is 5.41 Å². The molecule has 0 fully saturated rings. The lowest BCUT2D eigenvalue weighted by Gasteiger charge is -2.43. The van der Waals surface area contributed by atoms with E-state index in [9.17, 15) is 10.5 Å². The Bertz CT molecular complexity index is 2450. The van der Waals surface area contributed by atoms with E-state index in [0.29, 0.717) is 11.1 Å². The molecule has 258 valence electrons. The Morgan fingerprint density at radius 2 is 0.796 bits per heavy atom. The third-order valence-corrected chi connectivity index (χ3v) is 12.2. The lowest BCUT2D eigenvalue weighted by Crippen LogP contribution is -2.27. The molecule has 0 bridgehead atoms. The maximum Gasteiger partial charge on any atom is 0.0991 e. The highest BCUT2D eigenvalue weighted by Gasteiger charge is 2.38. The van der Waals surface area contributed by atoms with Gasteiger partial charge < -0.3 is 9.80 Å². The average Bonchev–Trinajstić information content (AvgIpc) is 3.21. The third kappa shape index (κ3) is 5.63. The third-order valence-electron chi connectivity index (χ3n) is 9.94. The molecule has 54 heavy (non-hydrogen) atoms. The van der Waals surface area contributed by atoms with Crippen molar-refractivity contribution in [2.24, 2.45) is 0 Å². The zero-order valence-corrected chi connectivity index (χ0v) is 31.7. The van der Waals surface area contributed by atoms with E-state index in [1.165, 1.54) is 19.6 Å². The minimum atomic E-state index is -0.419. The van der Waals surface area contributed by atoms with Gasteiger partial charge in [0.1, 0.15) is 0 Å². The van der Waals surface area contributed by atoms with Crippen molar-refractivity contribution in [1.29, 1.82) is 10.5 Å². The molecular weight excluding hydrogens is 697 g/mol. The smallest absolute Gasteiger partial charge is 0.0991 e. The normalized spacial score (nSPS) is 12.8. The molecule has 4 nitrogen and oxygen atoms in total. The molecule has 2 aliphatic heterocycles. The number of hydrogen-bond donors (Lipinski definition) is 0. The van der Waals surface area contributed by atoms with E-state index in [1.807, 2.05) is 36.4 Å². The Hall–Kier alpha value is -6.18. The number of hydrogen-bond acceptors (Lipinski definition) is 6. The van der Waals surface area contributed by atoms with Gasteiger partial charge in [-0.2, -0.15) is 10.5 Å². The Labute approximate surface area is 325 Å². The molecule has 2 heterocycles. The first-order valence-electron chi connectivity index (χ1n) is 17.9. The number of fused-ring (bicyclic) bond motifs is 4. The van der Waals surface area contributed by atoms with Crippen LogP contribution in [0.4, 0.5) is 34.1 Å². The maximum atomic E-state index is 10.2. The average molecular weight is 731 g/mol. The summed E-state index contributed by atoms with van der Waals surface area (Å²) >= 11 is 3.58. The molecule has 0 N–H and O–H groups in total. The quantitative estimate of drug-likeness (QED) is 0.180. The van der Waals surface area contributed by atoms with Gasteiger partial charge >= 0.3 is 0 Å². The van der Waals surface area contributed by atoms with Crippen LogP contribution in [0.15, 0.2) is 171 Å². The summed E-state index contributed by atoms with van der Waals surface area (Å²) in [4.78, 5) is 9.59. The Morgan fingerprint density at radius 1 is 0.444 bits per heavy atom. The second-order valence-electron chi connectivity index (χ2n) is 14.4. The van der Waals surface area contributed by atoms with Gasteiger partial charge in [-0.25, -0.2) is 0 Å². The van der Waals surface area contributed by atoms with Gasteiger partial charge in [0.2, 0.25) is 0 Å². The number of anilines is 6. The SMILES string of the molecule is CC(C)(C)c1c(N2c3ccccc3Sc3ccccc32)c(-c2cccc(C#N)c2)cc(-c2cccc(C#N)c2)c1N1c2ccccc2Sc2ccccc21. The molecular formula is C48H34N4S2. The fourth-order valence-electron chi connectivity index (χ4n) is 7.68. The second-order valence-corrected chi connectivity index (χ2v) is 16.6. The predicted molar refractivity (Wildman–Crippen MR) is 223 cm³/mol. The number of benzene rings is 7. The number of rotatable bonds is 4. The Balaban J connectivity index is 1.52. The fraction of sp³-hybridized carbons (Fsp3) is 0.0833. The standard InChI is InChI=1S/C48H34N4S2/c1-48(2,3)45-46(51-37-18-4-8-22-41(37)53-42-23-9-5-19-38(42)51)35(33-16-12-14-31(26-33)29-49)28-36(34-17-13-15-32(27-34)30-50)47(45)52-39-20-6-10-24-43(39)54-44-25-11-7-21-40(44)52/h4-28H,1-3H3. The zero-order valence-electron chi connectivity index (χ0n) is 30.0. The summed E-state index contributed by atoms with van der Waals surface area (Å²) in [6.45, 7) is 6.90. The fourth-order valence-corrected chi connectivity index (χ4v) is 9.80. The lowest BCUT2D eigenvalue weighted by molar-refractivity contribution is 0.592. The van der Waals surface area contributed by atoms with E-state index >= 15 is 0 Å². The van der Waals surface area contributed by atoms with Crippen LogP contribution in [0.25, 0.3) is 22.3 Å². The summed E-state index contributed by atoms with van der Waals surface area (Å²) in [6, 6.07) is 57.5. The summed E-state index contributed by atoms with van der Waals surface area (Å²) in [6.07, 6.45) is 0. The van der Waals surface area contributed by atoms with E-state index in [1.54, 1.807) is 23.5 Å². The van der Waals surface area contributed by atoms with Crippen LogP contribution in [0.5, 0.6) is 0 Å². The van der Waals surface area contributed by atoms with Crippen molar-refractivity contribution in [3.05, 3.63) is 168 Å². The van der Waals surface area contributed by atoms with Crippen LogP contribution >= 0.6 is 23.5 Å². The largest absolute Gasteiger partial charge is 0.307 e. The highest BCUT2D eigenvalue weighted by Crippen LogP contribution is 2.61. The van der Waals surface area contributed by atoms with Gasteiger partial charge in [-0.15, -0.1) is 0 Å². The first kappa shape index (κ1) is 33.6. The van der Waals surface area contributed by atoms with Crippen molar-refractivity contribution in [3.8, 4) is 34.4 Å². The van der Waals surface area contributed by atoms with Crippen LogP contribution in [-0.4, -0.2) is 0 Å². The van der Waals surface area contributed by atoms with Crippen molar-refractivity contribution in [3.63, 3.8) is 0 Å². The molecule has 0 amide bonds. The number of para-hydroxylation sites is 4. The molecule has 0 unspecified atom stereocenters. The van der Waals surface area contributed by atoms with Gasteiger partial charge in [0.15, 0.2) is 0 Å². The van der Waals surface area contributed by atoms with Crippen LogP contribution in [0.3, 0.4) is 0 Å². The van der Waals surface area contributed by atoms with Crippen molar-refractivity contribution < 1.29 is 0 Å². The predicted octanol–water partition coefficient (Wildman–Crippen LogP) is 13.9. The van der Waals surface area contributed by atoms with Gasteiger partial charge in [0, 0.05) is 36.3 Å². The molecule has 0 atom stereocenters. The van der Waals surface area contributed by atoms with Gasteiger partial charge in [0.25, 0.3) is 0 Å². The molecule has 0 saturated carbocycles. The molecule has 0 radical (unpaired) electrons. The van der Waals surface area contributed by atoms with Crippen molar-refractivity contribution in [1.82, 2.24) is 0 Å².